The first-order chi connectivity index (χ1) is 15.0. The van der Waals surface area contributed by atoms with Crippen molar-refractivity contribution in [1.82, 2.24) is 4.98 Å². The first kappa shape index (κ1) is 21.2. The molecule has 3 aromatic carbocycles. The van der Waals surface area contributed by atoms with Gasteiger partial charge < -0.3 is 9.73 Å². The van der Waals surface area contributed by atoms with Gasteiger partial charge in [-0.3, -0.25) is 4.79 Å². The topological polar surface area (TPSA) is 55.1 Å². The van der Waals surface area contributed by atoms with Gasteiger partial charge in [-0.15, -0.1) is 11.8 Å². The molecule has 0 aliphatic carbocycles. The van der Waals surface area contributed by atoms with Gasteiger partial charge in [0.15, 0.2) is 0 Å². The van der Waals surface area contributed by atoms with Gasteiger partial charge in [0.05, 0.1) is 16.4 Å². The van der Waals surface area contributed by atoms with Crippen LogP contribution >= 0.6 is 23.4 Å². The van der Waals surface area contributed by atoms with Crippen molar-refractivity contribution in [2.75, 3.05) is 5.32 Å². The van der Waals surface area contributed by atoms with Crippen LogP contribution in [0.25, 0.3) is 11.5 Å². The van der Waals surface area contributed by atoms with Crippen LogP contribution in [-0.2, 0) is 5.75 Å². The van der Waals surface area contributed by atoms with Crippen molar-refractivity contribution in [2.24, 2.45) is 0 Å². The number of nitrogens with zero attached hydrogens (tertiary/aromatic N) is 1. The lowest BCUT2D eigenvalue weighted by molar-refractivity contribution is 0.102. The van der Waals surface area contributed by atoms with Gasteiger partial charge in [0, 0.05) is 21.8 Å². The van der Waals surface area contributed by atoms with Crippen LogP contribution in [0.2, 0.25) is 5.02 Å². The third kappa shape index (κ3) is 5.19. The molecular formula is C25H21ClN2O2S. The summed E-state index contributed by atoms with van der Waals surface area (Å²) in [6.45, 7) is 4.00. The maximum Gasteiger partial charge on any atom is 0.255 e. The standard InChI is InChI=1S/C25H21ClN2O2S/c1-16-7-13-20(14-8-16)31-15-23-17(2)30-25(28-23)19-11-9-18(10-12-19)24(29)27-22-6-4-3-5-21(22)26/h3-14H,15H2,1-2H3,(H,27,29). The molecule has 1 aromatic heterocycles. The van der Waals surface area contributed by atoms with E-state index in [-0.39, 0.29) is 5.91 Å². The highest BCUT2D eigenvalue weighted by atomic mass is 35.5. The molecule has 0 aliphatic heterocycles. The largest absolute Gasteiger partial charge is 0.441 e. The molecule has 0 fully saturated rings. The maximum absolute atomic E-state index is 12.5. The summed E-state index contributed by atoms with van der Waals surface area (Å²) in [5.74, 6) is 1.86. The highest BCUT2D eigenvalue weighted by molar-refractivity contribution is 7.98. The molecule has 0 bridgehead atoms. The van der Waals surface area contributed by atoms with Crippen molar-refractivity contribution >= 4 is 35.0 Å². The van der Waals surface area contributed by atoms with E-state index in [0.717, 1.165) is 22.8 Å². The molecule has 0 spiro atoms. The molecule has 0 saturated heterocycles. The van der Waals surface area contributed by atoms with E-state index in [1.807, 2.05) is 31.2 Å². The van der Waals surface area contributed by atoms with Gasteiger partial charge >= 0.3 is 0 Å². The number of oxazole rings is 1. The van der Waals surface area contributed by atoms with Crippen molar-refractivity contribution in [3.63, 3.8) is 0 Å². The molecule has 0 radical (unpaired) electrons. The number of benzene rings is 3. The number of thioether (sulfide) groups is 1. The number of aryl methyl sites for hydroxylation is 2. The summed E-state index contributed by atoms with van der Waals surface area (Å²) < 4.78 is 5.88. The highest BCUT2D eigenvalue weighted by Gasteiger charge is 2.13. The zero-order valence-electron chi connectivity index (χ0n) is 17.2. The van der Waals surface area contributed by atoms with Crippen molar-refractivity contribution < 1.29 is 9.21 Å². The van der Waals surface area contributed by atoms with Crippen LogP contribution in [0, 0.1) is 13.8 Å². The molecule has 1 N–H and O–H groups in total. The quantitative estimate of drug-likeness (QED) is 0.318. The molecule has 156 valence electrons. The summed E-state index contributed by atoms with van der Waals surface area (Å²) in [4.78, 5) is 18.4. The Morgan fingerprint density at radius 3 is 2.42 bits per heavy atom. The van der Waals surface area contributed by atoms with E-state index in [1.165, 1.54) is 10.5 Å². The minimum absolute atomic E-state index is 0.224. The van der Waals surface area contributed by atoms with Gasteiger partial charge in [0.1, 0.15) is 5.76 Å². The average molecular weight is 449 g/mol. The zero-order valence-corrected chi connectivity index (χ0v) is 18.8. The van der Waals surface area contributed by atoms with E-state index in [0.29, 0.717) is 22.2 Å². The SMILES string of the molecule is Cc1ccc(SCc2nc(-c3ccc(C(=O)Nc4ccccc4Cl)cc3)oc2C)cc1. The Bertz CT molecular complexity index is 1200. The monoisotopic (exact) mass is 448 g/mol. The number of amides is 1. The van der Waals surface area contributed by atoms with Crippen molar-refractivity contribution in [3.05, 3.63) is 100 Å². The van der Waals surface area contributed by atoms with E-state index in [2.05, 4.69) is 41.5 Å². The Labute approximate surface area is 190 Å². The number of aromatic nitrogens is 1. The molecule has 4 rings (SSSR count). The number of hydrogen-bond donors (Lipinski definition) is 1. The molecule has 0 atom stereocenters. The molecule has 4 aromatic rings. The predicted molar refractivity (Wildman–Crippen MR) is 127 cm³/mol. The third-order valence-corrected chi connectivity index (χ3v) is 6.16. The number of carbonyl (C=O) groups is 1. The van der Waals surface area contributed by atoms with Gasteiger partial charge in [-0.25, -0.2) is 4.98 Å². The second-order valence-corrected chi connectivity index (χ2v) is 8.59. The first-order valence-corrected chi connectivity index (χ1v) is 11.2. The number of nitrogens with one attached hydrogen (secondary N) is 1. The lowest BCUT2D eigenvalue weighted by Gasteiger charge is -2.07. The van der Waals surface area contributed by atoms with Crippen LogP contribution in [0.15, 0.2) is 82.1 Å². The fraction of sp³-hybridized carbons (Fsp3) is 0.120. The zero-order chi connectivity index (χ0) is 21.8. The van der Waals surface area contributed by atoms with Crippen LogP contribution in [0.3, 0.4) is 0 Å². The summed E-state index contributed by atoms with van der Waals surface area (Å²) in [5.41, 5.74) is 4.10. The van der Waals surface area contributed by atoms with Gasteiger partial charge in [-0.2, -0.15) is 0 Å². The van der Waals surface area contributed by atoms with Crippen LogP contribution in [0.5, 0.6) is 0 Å². The Balaban J connectivity index is 1.44. The average Bonchev–Trinajstić information content (AvgIpc) is 3.15. The number of para-hydroxylation sites is 1. The fourth-order valence-electron chi connectivity index (χ4n) is 2.99. The molecule has 1 heterocycles. The summed E-state index contributed by atoms with van der Waals surface area (Å²) in [7, 11) is 0. The van der Waals surface area contributed by atoms with E-state index < -0.39 is 0 Å². The smallest absolute Gasteiger partial charge is 0.255 e. The molecule has 0 aliphatic rings. The van der Waals surface area contributed by atoms with E-state index in [9.17, 15) is 4.79 Å². The maximum atomic E-state index is 12.5. The van der Waals surface area contributed by atoms with Crippen LogP contribution < -0.4 is 5.32 Å². The third-order valence-electron chi connectivity index (χ3n) is 4.81. The molecule has 0 unspecified atom stereocenters. The van der Waals surface area contributed by atoms with Crippen LogP contribution in [0.4, 0.5) is 5.69 Å². The summed E-state index contributed by atoms with van der Waals surface area (Å²) in [6, 6.07) is 22.8. The highest BCUT2D eigenvalue weighted by Crippen LogP contribution is 2.28. The second-order valence-electron chi connectivity index (χ2n) is 7.13. The molecule has 6 heteroatoms. The van der Waals surface area contributed by atoms with Gasteiger partial charge in [-0.1, -0.05) is 41.4 Å². The minimum atomic E-state index is -0.224. The molecule has 1 amide bonds. The number of anilines is 1. The Morgan fingerprint density at radius 2 is 1.71 bits per heavy atom. The Kier molecular flexibility index (Phi) is 6.44. The molecule has 31 heavy (non-hydrogen) atoms. The normalized spacial score (nSPS) is 10.8. The Hall–Kier alpha value is -3.02. The van der Waals surface area contributed by atoms with Crippen LogP contribution in [0.1, 0.15) is 27.4 Å². The fourth-order valence-corrected chi connectivity index (χ4v) is 4.08. The summed E-state index contributed by atoms with van der Waals surface area (Å²) in [6.07, 6.45) is 0. The first-order valence-electron chi connectivity index (χ1n) is 9.82. The molecule has 4 nitrogen and oxygen atoms in total. The van der Waals surface area contributed by atoms with Gasteiger partial charge in [-0.05, 0) is 62.4 Å². The van der Waals surface area contributed by atoms with Crippen molar-refractivity contribution in [3.8, 4) is 11.5 Å². The van der Waals surface area contributed by atoms with E-state index in [4.69, 9.17) is 16.0 Å². The number of halogens is 1. The van der Waals surface area contributed by atoms with E-state index in [1.54, 1.807) is 36.0 Å². The molecule has 0 saturated carbocycles. The van der Waals surface area contributed by atoms with Crippen LogP contribution in [-0.4, -0.2) is 10.9 Å². The number of rotatable bonds is 6. The summed E-state index contributed by atoms with van der Waals surface area (Å²) in [5, 5.41) is 3.32. The summed E-state index contributed by atoms with van der Waals surface area (Å²) >= 11 is 7.84. The molecular weight excluding hydrogens is 428 g/mol. The Morgan fingerprint density at radius 1 is 1.00 bits per heavy atom. The predicted octanol–water partition coefficient (Wildman–Crippen LogP) is 7.16. The minimum Gasteiger partial charge on any atom is -0.441 e. The van der Waals surface area contributed by atoms with Crippen molar-refractivity contribution in [1.29, 1.82) is 0 Å². The number of carbonyl (C=O) groups excluding carboxylic acids is 1. The van der Waals surface area contributed by atoms with Gasteiger partial charge in [0.2, 0.25) is 5.89 Å². The van der Waals surface area contributed by atoms with Gasteiger partial charge in [0.25, 0.3) is 5.91 Å². The second kappa shape index (κ2) is 9.41. The van der Waals surface area contributed by atoms with E-state index >= 15 is 0 Å². The lowest BCUT2D eigenvalue weighted by atomic mass is 10.1. The number of hydrogen-bond acceptors (Lipinski definition) is 4. The lowest BCUT2D eigenvalue weighted by Crippen LogP contribution is -2.11. The van der Waals surface area contributed by atoms with Crippen molar-refractivity contribution in [2.45, 2.75) is 24.5 Å².